The average Bonchev–Trinajstić information content (AvgIpc) is 3.22. The number of aromatic nitrogens is 2. The Morgan fingerprint density at radius 2 is 1.62 bits per heavy atom. The number of carboxylic acids is 1. The lowest BCUT2D eigenvalue weighted by Gasteiger charge is -2.15. The number of benzene rings is 2. The monoisotopic (exact) mass is 512 g/mol. The van der Waals surface area contributed by atoms with Crippen molar-refractivity contribution in [1.29, 1.82) is 0 Å². The highest BCUT2D eigenvalue weighted by atomic mass is 19.1. The van der Waals surface area contributed by atoms with Crippen LogP contribution in [0.25, 0.3) is 28.7 Å². The van der Waals surface area contributed by atoms with Crippen LogP contribution >= 0.6 is 0 Å². The summed E-state index contributed by atoms with van der Waals surface area (Å²) in [6, 6.07) is 9.58. The predicted molar refractivity (Wildman–Crippen MR) is 140 cm³/mol. The number of aliphatic carboxylic acids is 1. The zero-order chi connectivity index (χ0) is 27.3. The van der Waals surface area contributed by atoms with Crippen molar-refractivity contribution in [3.8, 4) is 22.5 Å². The molecule has 0 amide bonds. The molecule has 2 aromatic carbocycles. The number of hydrogen-bond donors (Lipinski definition) is 3. The molecule has 0 aliphatic carbocycles. The lowest BCUT2D eigenvalue weighted by molar-refractivity contribution is -0.139. The number of carbonyl (C=O) groups is 1. The van der Waals surface area contributed by atoms with Crippen LogP contribution in [0.3, 0.4) is 0 Å². The Morgan fingerprint density at radius 3 is 2.14 bits per heavy atom. The quantitative estimate of drug-likeness (QED) is 0.302. The SMILES string of the molecule is CCc1cc(-c2c(-c3ccc(F)cc3)nc(C(C)C)n2/C=C/C(O)CC(O)CC(=O)O)cc(CC)c1F. The summed E-state index contributed by atoms with van der Waals surface area (Å²) in [5.41, 5.74) is 3.80. The second kappa shape index (κ2) is 12.3. The van der Waals surface area contributed by atoms with Crippen LogP contribution in [0.2, 0.25) is 0 Å². The second-order valence-corrected chi connectivity index (χ2v) is 9.41. The highest BCUT2D eigenvalue weighted by Crippen LogP contribution is 2.37. The predicted octanol–water partition coefficient (Wildman–Crippen LogP) is 5.80. The number of aryl methyl sites for hydroxylation is 2. The minimum atomic E-state index is -1.20. The zero-order valence-corrected chi connectivity index (χ0v) is 21.6. The molecule has 0 saturated carbocycles. The molecule has 0 fully saturated rings. The fourth-order valence-corrected chi connectivity index (χ4v) is 4.32. The molecule has 3 aromatic rings. The first-order chi connectivity index (χ1) is 17.5. The number of aliphatic hydroxyl groups is 2. The first-order valence-corrected chi connectivity index (χ1v) is 12.5. The molecule has 2 unspecified atom stereocenters. The molecule has 0 radical (unpaired) electrons. The molecule has 0 aliphatic heterocycles. The van der Waals surface area contributed by atoms with Crippen molar-refractivity contribution in [2.24, 2.45) is 0 Å². The van der Waals surface area contributed by atoms with E-state index in [1.165, 1.54) is 18.2 Å². The lowest BCUT2D eigenvalue weighted by Crippen LogP contribution is -2.19. The van der Waals surface area contributed by atoms with Gasteiger partial charge in [0.1, 0.15) is 17.5 Å². The van der Waals surface area contributed by atoms with Gasteiger partial charge in [0, 0.05) is 29.7 Å². The smallest absolute Gasteiger partial charge is 0.305 e. The number of nitrogens with zero attached hydrogens (tertiary/aromatic N) is 2. The number of carboxylic acid groups (broad SMARTS) is 1. The summed E-state index contributed by atoms with van der Waals surface area (Å²) >= 11 is 0. The van der Waals surface area contributed by atoms with Gasteiger partial charge >= 0.3 is 5.97 Å². The van der Waals surface area contributed by atoms with Crippen molar-refractivity contribution in [2.45, 2.75) is 71.5 Å². The molecule has 1 aromatic heterocycles. The molecule has 0 spiro atoms. The molecule has 1 heterocycles. The maximum absolute atomic E-state index is 15.0. The van der Waals surface area contributed by atoms with Gasteiger partial charge in [0.15, 0.2) is 0 Å². The van der Waals surface area contributed by atoms with Gasteiger partial charge < -0.3 is 19.9 Å². The summed E-state index contributed by atoms with van der Waals surface area (Å²) in [6.07, 6.45) is 1.19. The molecule has 37 heavy (non-hydrogen) atoms. The third-order valence-electron chi connectivity index (χ3n) is 6.21. The Balaban J connectivity index is 2.22. The van der Waals surface area contributed by atoms with Crippen molar-refractivity contribution in [2.75, 3.05) is 0 Å². The first kappa shape index (κ1) is 28.2. The van der Waals surface area contributed by atoms with Gasteiger partial charge in [-0.05, 0) is 66.4 Å². The van der Waals surface area contributed by atoms with E-state index in [4.69, 9.17) is 10.1 Å². The maximum atomic E-state index is 15.0. The van der Waals surface area contributed by atoms with E-state index in [1.54, 1.807) is 30.5 Å². The van der Waals surface area contributed by atoms with Crippen molar-refractivity contribution >= 4 is 12.2 Å². The van der Waals surface area contributed by atoms with Gasteiger partial charge in [-0.1, -0.05) is 27.7 Å². The summed E-state index contributed by atoms with van der Waals surface area (Å²) in [4.78, 5) is 15.7. The Morgan fingerprint density at radius 1 is 1.03 bits per heavy atom. The molecule has 3 N–H and O–H groups in total. The van der Waals surface area contributed by atoms with E-state index in [0.717, 1.165) is 5.56 Å². The van der Waals surface area contributed by atoms with E-state index in [1.807, 2.05) is 32.3 Å². The fourth-order valence-electron chi connectivity index (χ4n) is 4.32. The van der Waals surface area contributed by atoms with Gasteiger partial charge in [-0.25, -0.2) is 13.8 Å². The van der Waals surface area contributed by atoms with Crippen molar-refractivity contribution < 1.29 is 28.9 Å². The van der Waals surface area contributed by atoms with E-state index in [9.17, 15) is 23.8 Å². The van der Waals surface area contributed by atoms with Crippen LogP contribution in [0, 0.1) is 11.6 Å². The topological polar surface area (TPSA) is 95.6 Å². The number of halogens is 2. The molecule has 2 atom stereocenters. The van der Waals surface area contributed by atoms with E-state index in [0.29, 0.717) is 46.7 Å². The Labute approximate surface area is 215 Å². The van der Waals surface area contributed by atoms with E-state index >= 15 is 0 Å². The van der Waals surface area contributed by atoms with Crippen LogP contribution in [0.1, 0.15) is 63.4 Å². The summed E-state index contributed by atoms with van der Waals surface area (Å²) in [6.45, 7) is 7.71. The average molecular weight is 513 g/mol. The van der Waals surface area contributed by atoms with Gasteiger partial charge in [-0.2, -0.15) is 0 Å². The highest BCUT2D eigenvalue weighted by Gasteiger charge is 2.23. The molecule has 0 aliphatic rings. The molecular formula is C29H34F2N2O4. The van der Waals surface area contributed by atoms with Crippen molar-refractivity contribution in [3.05, 3.63) is 71.1 Å². The Kier molecular flexibility index (Phi) is 9.34. The third-order valence-corrected chi connectivity index (χ3v) is 6.21. The Bertz CT molecular complexity index is 1240. The first-order valence-electron chi connectivity index (χ1n) is 12.5. The van der Waals surface area contributed by atoms with Gasteiger partial charge in [-0.3, -0.25) is 4.79 Å². The Hall–Kier alpha value is -3.36. The van der Waals surface area contributed by atoms with E-state index < -0.39 is 24.6 Å². The highest BCUT2D eigenvalue weighted by molar-refractivity contribution is 5.81. The van der Waals surface area contributed by atoms with Crippen LogP contribution in [-0.2, 0) is 17.6 Å². The van der Waals surface area contributed by atoms with Crippen molar-refractivity contribution in [3.63, 3.8) is 0 Å². The number of aliphatic hydroxyl groups excluding tert-OH is 2. The summed E-state index contributed by atoms with van der Waals surface area (Å²) in [5, 5.41) is 29.3. The third kappa shape index (κ3) is 6.70. The molecular weight excluding hydrogens is 478 g/mol. The fraction of sp³-hybridized carbons (Fsp3) is 0.379. The van der Waals surface area contributed by atoms with Crippen LogP contribution < -0.4 is 0 Å². The minimum Gasteiger partial charge on any atom is -0.481 e. The number of imidazole rings is 1. The summed E-state index contributed by atoms with van der Waals surface area (Å²) < 4.78 is 30.5. The second-order valence-electron chi connectivity index (χ2n) is 9.41. The van der Waals surface area contributed by atoms with E-state index in [2.05, 4.69) is 0 Å². The lowest BCUT2D eigenvalue weighted by atomic mass is 9.97. The maximum Gasteiger partial charge on any atom is 0.305 e. The normalized spacial score (nSPS) is 13.4. The standard InChI is InChI=1S/C29H34F2N2O4/c1-5-18-13-21(14-19(6-2)26(18)31)28-27(20-7-9-22(30)10-8-20)32-29(17(3)4)33(28)12-11-23(34)15-24(35)16-25(36)37/h7-14,17,23-24,34-35H,5-6,15-16H2,1-4H3,(H,36,37)/b12-11+. The van der Waals surface area contributed by atoms with E-state index in [-0.39, 0.29) is 24.0 Å². The largest absolute Gasteiger partial charge is 0.481 e. The molecule has 8 heteroatoms. The van der Waals surface area contributed by atoms with Crippen LogP contribution in [0.5, 0.6) is 0 Å². The van der Waals surface area contributed by atoms with Gasteiger partial charge in [0.2, 0.25) is 0 Å². The molecule has 0 saturated heterocycles. The summed E-state index contributed by atoms with van der Waals surface area (Å²) in [5.74, 6) is -1.12. The van der Waals surface area contributed by atoms with Crippen LogP contribution in [0.15, 0.2) is 42.5 Å². The molecule has 6 nitrogen and oxygen atoms in total. The zero-order valence-electron chi connectivity index (χ0n) is 21.6. The number of rotatable bonds is 11. The van der Waals surface area contributed by atoms with Crippen molar-refractivity contribution in [1.82, 2.24) is 9.55 Å². The van der Waals surface area contributed by atoms with Crippen LogP contribution in [0.4, 0.5) is 8.78 Å². The number of hydrogen-bond acceptors (Lipinski definition) is 4. The molecule has 3 rings (SSSR count). The minimum absolute atomic E-state index is 0.0379. The summed E-state index contributed by atoms with van der Waals surface area (Å²) in [7, 11) is 0. The van der Waals surface area contributed by atoms with Crippen LogP contribution in [-0.4, -0.2) is 43.0 Å². The molecule has 0 bridgehead atoms. The molecule has 198 valence electrons. The van der Waals surface area contributed by atoms with Gasteiger partial charge in [-0.15, -0.1) is 0 Å². The van der Waals surface area contributed by atoms with Gasteiger partial charge in [0.25, 0.3) is 0 Å². The van der Waals surface area contributed by atoms with Gasteiger partial charge in [0.05, 0.1) is 30.0 Å².